The zero-order valence-corrected chi connectivity index (χ0v) is 10.00. The molecular weight excluding hydrogens is 255 g/mol. The zero-order chi connectivity index (χ0) is 13.8. The Labute approximate surface area is 108 Å². The van der Waals surface area contributed by atoms with Crippen LogP contribution in [-0.4, -0.2) is 0 Å². The van der Waals surface area contributed by atoms with Crippen molar-refractivity contribution in [1.82, 2.24) is 0 Å². The number of nitrogens with two attached hydrogens (primary N) is 1. The van der Waals surface area contributed by atoms with Crippen molar-refractivity contribution in [3.63, 3.8) is 0 Å². The summed E-state index contributed by atoms with van der Waals surface area (Å²) in [7, 11) is 0. The summed E-state index contributed by atoms with van der Waals surface area (Å²) >= 11 is 0. The van der Waals surface area contributed by atoms with Gasteiger partial charge >= 0.3 is 0 Å². The summed E-state index contributed by atoms with van der Waals surface area (Å²) in [5, 5.41) is 0. The van der Waals surface area contributed by atoms with E-state index in [2.05, 4.69) is 0 Å². The van der Waals surface area contributed by atoms with Gasteiger partial charge in [-0.25, -0.2) is 13.2 Å². The quantitative estimate of drug-likeness (QED) is 0.923. The molecule has 2 aromatic rings. The first-order valence-corrected chi connectivity index (χ1v) is 5.64. The van der Waals surface area contributed by atoms with Crippen molar-refractivity contribution in [3.05, 3.63) is 65.0 Å². The summed E-state index contributed by atoms with van der Waals surface area (Å²) in [6, 6.07) is 7.17. The molecule has 2 N–H and O–H groups in total. The highest BCUT2D eigenvalue weighted by atomic mass is 19.1. The largest absolute Gasteiger partial charge is 0.489 e. The molecule has 0 spiro atoms. The van der Waals surface area contributed by atoms with E-state index in [0.717, 1.165) is 18.2 Å². The van der Waals surface area contributed by atoms with Gasteiger partial charge in [-0.3, -0.25) is 0 Å². The van der Waals surface area contributed by atoms with Crippen LogP contribution in [0.3, 0.4) is 0 Å². The Morgan fingerprint density at radius 2 is 1.37 bits per heavy atom. The summed E-state index contributed by atoms with van der Waals surface area (Å²) in [6.07, 6.45) is 0. The van der Waals surface area contributed by atoms with Crippen molar-refractivity contribution in [2.45, 2.75) is 13.2 Å². The Kier molecular flexibility index (Phi) is 4.06. The molecule has 0 heterocycles. The van der Waals surface area contributed by atoms with Crippen LogP contribution in [-0.2, 0) is 13.2 Å². The highest BCUT2D eigenvalue weighted by Crippen LogP contribution is 2.18. The Morgan fingerprint density at radius 3 is 2.00 bits per heavy atom. The summed E-state index contributed by atoms with van der Waals surface area (Å²) in [4.78, 5) is 0. The second kappa shape index (κ2) is 5.75. The predicted molar refractivity (Wildman–Crippen MR) is 65.0 cm³/mol. The van der Waals surface area contributed by atoms with E-state index < -0.39 is 17.5 Å². The van der Waals surface area contributed by atoms with E-state index >= 15 is 0 Å². The number of hydrogen-bond acceptors (Lipinski definition) is 2. The minimum absolute atomic E-state index is 0.0534. The summed E-state index contributed by atoms with van der Waals surface area (Å²) in [6.45, 7) is 0.130. The van der Waals surface area contributed by atoms with Crippen molar-refractivity contribution in [2.75, 3.05) is 0 Å². The van der Waals surface area contributed by atoms with E-state index in [-0.39, 0.29) is 18.9 Å². The third-order valence-corrected chi connectivity index (χ3v) is 2.49. The van der Waals surface area contributed by atoms with Crippen LogP contribution >= 0.6 is 0 Å². The number of benzene rings is 2. The fraction of sp³-hybridized carbons (Fsp3) is 0.143. The van der Waals surface area contributed by atoms with Gasteiger partial charge < -0.3 is 10.5 Å². The van der Waals surface area contributed by atoms with Gasteiger partial charge in [0.25, 0.3) is 0 Å². The van der Waals surface area contributed by atoms with Gasteiger partial charge in [0.1, 0.15) is 29.8 Å². The fourth-order valence-corrected chi connectivity index (χ4v) is 1.68. The first kappa shape index (κ1) is 13.4. The first-order valence-electron chi connectivity index (χ1n) is 5.64. The average Bonchev–Trinajstić information content (AvgIpc) is 2.34. The molecule has 0 atom stereocenters. The SMILES string of the molecule is NCc1cc(F)cc(OCc2cc(F)cc(F)c2)c1. The molecule has 0 aliphatic rings. The van der Waals surface area contributed by atoms with Crippen LogP contribution in [0.2, 0.25) is 0 Å². The van der Waals surface area contributed by atoms with Crippen LogP contribution in [0.1, 0.15) is 11.1 Å². The third-order valence-electron chi connectivity index (χ3n) is 2.49. The summed E-state index contributed by atoms with van der Waals surface area (Å²) < 4.78 is 44.4. The second-order valence-electron chi connectivity index (χ2n) is 4.07. The Balaban J connectivity index is 2.11. The molecule has 0 aliphatic heterocycles. The monoisotopic (exact) mass is 267 g/mol. The molecule has 0 saturated heterocycles. The molecule has 0 aliphatic carbocycles. The number of ether oxygens (including phenoxy) is 1. The normalized spacial score (nSPS) is 10.5. The number of halogens is 3. The van der Waals surface area contributed by atoms with Gasteiger partial charge in [0.05, 0.1) is 0 Å². The standard InChI is InChI=1S/C14H12F3NO/c15-11-2-10(3-12(16)5-11)8-19-14-4-9(7-18)1-13(17)6-14/h1-6H,7-8,18H2. The average molecular weight is 267 g/mol. The lowest BCUT2D eigenvalue weighted by Crippen LogP contribution is -2.01. The minimum Gasteiger partial charge on any atom is -0.489 e. The second-order valence-corrected chi connectivity index (χ2v) is 4.07. The van der Waals surface area contributed by atoms with Gasteiger partial charge in [0.2, 0.25) is 0 Å². The van der Waals surface area contributed by atoms with Crippen LogP contribution in [0.15, 0.2) is 36.4 Å². The Morgan fingerprint density at radius 1 is 0.789 bits per heavy atom. The van der Waals surface area contributed by atoms with E-state index in [9.17, 15) is 13.2 Å². The lowest BCUT2D eigenvalue weighted by molar-refractivity contribution is 0.303. The van der Waals surface area contributed by atoms with Gasteiger partial charge in [-0.05, 0) is 35.4 Å². The maximum atomic E-state index is 13.2. The van der Waals surface area contributed by atoms with E-state index in [1.165, 1.54) is 12.1 Å². The molecule has 2 rings (SSSR count). The van der Waals surface area contributed by atoms with Crippen molar-refractivity contribution >= 4 is 0 Å². The van der Waals surface area contributed by atoms with Gasteiger partial charge in [-0.2, -0.15) is 0 Å². The van der Waals surface area contributed by atoms with Crippen LogP contribution in [0.5, 0.6) is 5.75 Å². The number of hydrogen-bond donors (Lipinski definition) is 1. The van der Waals surface area contributed by atoms with E-state index in [0.29, 0.717) is 11.1 Å². The molecule has 2 aromatic carbocycles. The molecule has 0 amide bonds. The van der Waals surface area contributed by atoms with Gasteiger partial charge in [-0.1, -0.05) is 0 Å². The van der Waals surface area contributed by atoms with Crippen LogP contribution in [0, 0.1) is 17.5 Å². The molecule has 0 unspecified atom stereocenters. The summed E-state index contributed by atoms with van der Waals surface area (Å²) in [5.74, 6) is -1.56. The lowest BCUT2D eigenvalue weighted by atomic mass is 10.2. The molecule has 0 radical (unpaired) electrons. The molecule has 19 heavy (non-hydrogen) atoms. The molecule has 5 heteroatoms. The van der Waals surface area contributed by atoms with Crippen molar-refractivity contribution in [2.24, 2.45) is 5.73 Å². The highest BCUT2D eigenvalue weighted by Gasteiger charge is 2.04. The zero-order valence-electron chi connectivity index (χ0n) is 10.00. The van der Waals surface area contributed by atoms with E-state index in [4.69, 9.17) is 10.5 Å². The molecule has 0 aromatic heterocycles. The molecule has 100 valence electrons. The van der Waals surface area contributed by atoms with Gasteiger partial charge in [0, 0.05) is 18.7 Å². The topological polar surface area (TPSA) is 35.2 Å². The van der Waals surface area contributed by atoms with Crippen molar-refractivity contribution < 1.29 is 17.9 Å². The number of rotatable bonds is 4. The van der Waals surface area contributed by atoms with Crippen molar-refractivity contribution in [3.8, 4) is 5.75 Å². The first-order chi connectivity index (χ1) is 9.06. The minimum atomic E-state index is -0.680. The molecule has 0 fully saturated rings. The lowest BCUT2D eigenvalue weighted by Gasteiger charge is -2.08. The van der Waals surface area contributed by atoms with E-state index in [1.807, 2.05) is 0 Å². The predicted octanol–water partition coefficient (Wildman–Crippen LogP) is 3.14. The third kappa shape index (κ3) is 3.72. The van der Waals surface area contributed by atoms with E-state index in [1.54, 1.807) is 6.07 Å². The molecule has 2 nitrogen and oxygen atoms in total. The summed E-state index contributed by atoms with van der Waals surface area (Å²) in [5.41, 5.74) is 6.33. The van der Waals surface area contributed by atoms with Crippen LogP contribution in [0.25, 0.3) is 0 Å². The Bertz CT molecular complexity index is 567. The van der Waals surface area contributed by atoms with Crippen LogP contribution < -0.4 is 10.5 Å². The maximum Gasteiger partial charge on any atom is 0.127 e. The van der Waals surface area contributed by atoms with Gasteiger partial charge in [0.15, 0.2) is 0 Å². The maximum absolute atomic E-state index is 13.2. The van der Waals surface area contributed by atoms with Gasteiger partial charge in [-0.15, -0.1) is 0 Å². The van der Waals surface area contributed by atoms with Crippen molar-refractivity contribution in [1.29, 1.82) is 0 Å². The Hall–Kier alpha value is -2.01. The molecular formula is C14H12F3NO. The fourth-order valence-electron chi connectivity index (χ4n) is 1.68. The highest BCUT2D eigenvalue weighted by molar-refractivity contribution is 5.30. The smallest absolute Gasteiger partial charge is 0.127 e. The molecule has 0 bridgehead atoms. The molecule has 0 saturated carbocycles. The van der Waals surface area contributed by atoms with Crippen LogP contribution in [0.4, 0.5) is 13.2 Å².